The summed E-state index contributed by atoms with van der Waals surface area (Å²) in [5, 5.41) is 22.3. The third-order valence-corrected chi connectivity index (χ3v) is 6.38. The molecule has 1 saturated carbocycles. The van der Waals surface area contributed by atoms with Gasteiger partial charge in [0.25, 0.3) is 5.95 Å². The average molecular weight is 403 g/mol. The SMILES string of the molecule is Cc1cc(C)n(-c2nnc(S[C@@H](C)C(=O)N(C)C3(C#N)CCCCC3)n2N)n1. The maximum atomic E-state index is 13.0. The number of nitrogens with two attached hydrogens (primary N) is 1. The fraction of sp³-hybridized carbons (Fsp3) is 0.611. The molecule has 1 fully saturated rings. The predicted molar refractivity (Wildman–Crippen MR) is 106 cm³/mol. The third kappa shape index (κ3) is 3.58. The molecule has 0 aromatic carbocycles. The van der Waals surface area contributed by atoms with E-state index in [2.05, 4.69) is 21.4 Å². The van der Waals surface area contributed by atoms with Crippen molar-refractivity contribution in [2.75, 3.05) is 12.9 Å². The lowest BCUT2D eigenvalue weighted by molar-refractivity contribution is -0.133. The van der Waals surface area contributed by atoms with Crippen LogP contribution in [0.3, 0.4) is 0 Å². The third-order valence-electron chi connectivity index (χ3n) is 5.34. The molecule has 1 aliphatic rings. The monoisotopic (exact) mass is 402 g/mol. The van der Waals surface area contributed by atoms with E-state index >= 15 is 0 Å². The van der Waals surface area contributed by atoms with Gasteiger partial charge < -0.3 is 10.7 Å². The molecule has 10 heteroatoms. The van der Waals surface area contributed by atoms with Crippen LogP contribution in [0.4, 0.5) is 0 Å². The minimum absolute atomic E-state index is 0.107. The van der Waals surface area contributed by atoms with E-state index in [9.17, 15) is 10.1 Å². The van der Waals surface area contributed by atoms with Crippen LogP contribution < -0.4 is 5.84 Å². The Bertz CT molecular complexity index is 905. The second-order valence-corrected chi connectivity index (χ2v) is 8.66. The summed E-state index contributed by atoms with van der Waals surface area (Å²) in [5.74, 6) is 6.45. The largest absolute Gasteiger partial charge is 0.334 e. The van der Waals surface area contributed by atoms with Crippen molar-refractivity contribution in [1.82, 2.24) is 29.6 Å². The number of aryl methyl sites for hydroxylation is 2. The van der Waals surface area contributed by atoms with Crippen molar-refractivity contribution in [3.8, 4) is 12.0 Å². The Balaban J connectivity index is 1.76. The van der Waals surface area contributed by atoms with Crippen LogP contribution in [0.1, 0.15) is 50.4 Å². The van der Waals surface area contributed by atoms with Crippen molar-refractivity contribution in [3.63, 3.8) is 0 Å². The Morgan fingerprint density at radius 2 is 2.04 bits per heavy atom. The van der Waals surface area contributed by atoms with Gasteiger partial charge in [0.05, 0.1) is 17.0 Å². The maximum Gasteiger partial charge on any atom is 0.271 e. The second-order valence-electron chi connectivity index (χ2n) is 7.35. The quantitative estimate of drug-likeness (QED) is 0.600. The zero-order chi connectivity index (χ0) is 20.5. The molecule has 1 amide bonds. The van der Waals surface area contributed by atoms with Crippen molar-refractivity contribution >= 4 is 17.7 Å². The summed E-state index contributed by atoms with van der Waals surface area (Å²) in [6, 6.07) is 4.31. The topological polar surface area (TPSA) is 119 Å². The highest BCUT2D eigenvalue weighted by molar-refractivity contribution is 8.00. The molecule has 3 rings (SSSR count). The highest BCUT2D eigenvalue weighted by Crippen LogP contribution is 2.34. The van der Waals surface area contributed by atoms with E-state index in [4.69, 9.17) is 5.84 Å². The molecule has 150 valence electrons. The van der Waals surface area contributed by atoms with Crippen molar-refractivity contribution < 1.29 is 4.79 Å². The van der Waals surface area contributed by atoms with Gasteiger partial charge in [-0.15, -0.1) is 10.2 Å². The minimum atomic E-state index is -0.713. The van der Waals surface area contributed by atoms with Crippen LogP contribution in [0.15, 0.2) is 11.2 Å². The van der Waals surface area contributed by atoms with Crippen molar-refractivity contribution in [2.45, 2.75) is 68.8 Å². The van der Waals surface area contributed by atoms with Gasteiger partial charge in [0.15, 0.2) is 0 Å². The zero-order valence-corrected chi connectivity index (χ0v) is 17.5. The molecule has 2 N–H and O–H groups in total. The predicted octanol–water partition coefficient (Wildman–Crippen LogP) is 1.96. The standard InChI is InChI=1S/C18H26N8OS/c1-12-10-13(2)26(23-12)16-21-22-17(25(16)20)28-14(3)15(27)24(4)18(11-19)8-6-5-7-9-18/h10,14H,5-9,20H2,1-4H3/t14-/m0/s1. The van der Waals surface area contributed by atoms with Gasteiger partial charge in [-0.25, -0.2) is 9.36 Å². The summed E-state index contributed by atoms with van der Waals surface area (Å²) < 4.78 is 2.96. The molecule has 28 heavy (non-hydrogen) atoms. The first-order valence-electron chi connectivity index (χ1n) is 9.39. The summed E-state index contributed by atoms with van der Waals surface area (Å²) in [7, 11) is 1.72. The maximum absolute atomic E-state index is 13.0. The summed E-state index contributed by atoms with van der Waals surface area (Å²) in [4.78, 5) is 14.6. The fourth-order valence-electron chi connectivity index (χ4n) is 3.68. The molecule has 2 heterocycles. The fourth-order valence-corrected chi connectivity index (χ4v) is 4.53. The number of aromatic nitrogens is 5. The lowest BCUT2D eigenvalue weighted by Gasteiger charge is -2.40. The molecule has 1 atom stereocenters. The van der Waals surface area contributed by atoms with Crippen LogP contribution >= 0.6 is 11.8 Å². The first-order valence-corrected chi connectivity index (χ1v) is 10.3. The molecule has 0 spiro atoms. The number of nitrogens with zero attached hydrogens (tertiary/aromatic N) is 7. The van der Waals surface area contributed by atoms with Gasteiger partial charge in [0.2, 0.25) is 11.1 Å². The number of rotatable bonds is 5. The zero-order valence-electron chi connectivity index (χ0n) is 16.7. The summed E-state index contributed by atoms with van der Waals surface area (Å²) in [6.45, 7) is 5.60. The first kappa shape index (κ1) is 20.2. The van der Waals surface area contributed by atoms with Gasteiger partial charge >= 0.3 is 0 Å². The number of carbonyl (C=O) groups is 1. The van der Waals surface area contributed by atoms with Crippen molar-refractivity contribution in [1.29, 1.82) is 5.26 Å². The van der Waals surface area contributed by atoms with Crippen molar-refractivity contribution in [3.05, 3.63) is 17.5 Å². The molecular weight excluding hydrogens is 376 g/mol. The van der Waals surface area contributed by atoms with Crippen LogP contribution in [-0.4, -0.2) is 53.3 Å². The number of nitriles is 1. The lowest BCUT2D eigenvalue weighted by atomic mass is 9.81. The van der Waals surface area contributed by atoms with E-state index in [1.54, 1.807) is 23.6 Å². The van der Waals surface area contributed by atoms with E-state index in [0.29, 0.717) is 11.1 Å². The van der Waals surface area contributed by atoms with E-state index < -0.39 is 10.8 Å². The van der Waals surface area contributed by atoms with Crippen LogP contribution in [0.5, 0.6) is 0 Å². The summed E-state index contributed by atoms with van der Waals surface area (Å²) in [5.41, 5.74) is 1.04. The number of hydrogen-bond donors (Lipinski definition) is 1. The van der Waals surface area contributed by atoms with Gasteiger partial charge in [0.1, 0.15) is 5.54 Å². The van der Waals surface area contributed by atoms with Crippen LogP contribution in [0.2, 0.25) is 0 Å². The van der Waals surface area contributed by atoms with E-state index in [-0.39, 0.29) is 5.91 Å². The van der Waals surface area contributed by atoms with Gasteiger partial charge in [-0.05, 0) is 39.7 Å². The second kappa shape index (κ2) is 7.83. The van der Waals surface area contributed by atoms with E-state index in [1.807, 2.05) is 19.9 Å². The average Bonchev–Trinajstić information content (AvgIpc) is 3.22. The lowest BCUT2D eigenvalue weighted by Crippen LogP contribution is -2.52. The highest BCUT2D eigenvalue weighted by atomic mass is 32.2. The van der Waals surface area contributed by atoms with E-state index in [1.165, 1.54) is 16.4 Å². The Morgan fingerprint density at radius 3 is 2.61 bits per heavy atom. The molecule has 0 saturated heterocycles. The number of thioether (sulfide) groups is 1. The smallest absolute Gasteiger partial charge is 0.271 e. The van der Waals surface area contributed by atoms with Crippen LogP contribution in [0.25, 0.3) is 5.95 Å². The Labute approximate surface area is 168 Å². The van der Waals surface area contributed by atoms with Crippen molar-refractivity contribution in [2.24, 2.45) is 0 Å². The van der Waals surface area contributed by atoms with E-state index in [0.717, 1.165) is 43.5 Å². The van der Waals surface area contributed by atoms with Gasteiger partial charge in [-0.2, -0.15) is 10.4 Å². The molecular formula is C18H26N8OS. The number of hydrogen-bond acceptors (Lipinski definition) is 7. The van der Waals surface area contributed by atoms with Gasteiger partial charge in [-0.3, -0.25) is 4.79 Å². The van der Waals surface area contributed by atoms with Gasteiger partial charge in [0, 0.05) is 12.7 Å². The molecule has 1 aliphatic carbocycles. The van der Waals surface area contributed by atoms with Gasteiger partial charge in [-0.1, -0.05) is 31.0 Å². The Kier molecular flexibility index (Phi) is 5.65. The molecule has 9 nitrogen and oxygen atoms in total. The molecule has 2 aromatic heterocycles. The number of amides is 1. The van der Waals surface area contributed by atoms with Crippen LogP contribution in [-0.2, 0) is 4.79 Å². The number of nitrogen functional groups attached to an aromatic ring is 1. The molecule has 0 unspecified atom stereocenters. The minimum Gasteiger partial charge on any atom is -0.334 e. The summed E-state index contributed by atoms with van der Waals surface area (Å²) >= 11 is 1.23. The highest BCUT2D eigenvalue weighted by Gasteiger charge is 2.40. The molecule has 0 radical (unpaired) electrons. The normalized spacial score (nSPS) is 17.1. The Hall–Kier alpha value is -2.54. The van der Waals surface area contributed by atoms with Crippen LogP contribution in [0, 0.1) is 25.2 Å². The molecule has 2 aromatic rings. The number of carbonyl (C=O) groups excluding carboxylic acids is 1. The Morgan fingerprint density at radius 1 is 1.36 bits per heavy atom. The first-order chi connectivity index (χ1) is 13.3. The summed E-state index contributed by atoms with van der Waals surface area (Å²) in [6.07, 6.45) is 4.49. The molecule has 0 bridgehead atoms. The molecule has 0 aliphatic heterocycles.